The van der Waals surface area contributed by atoms with Crippen molar-refractivity contribution in [3.8, 4) is 0 Å². The van der Waals surface area contributed by atoms with E-state index >= 15 is 0 Å². The number of carbonyl (C=O) groups is 1. The molecule has 0 radical (unpaired) electrons. The minimum atomic E-state index is -0.358. The fourth-order valence-corrected chi connectivity index (χ4v) is 3.20. The highest BCUT2D eigenvalue weighted by Crippen LogP contribution is 2.24. The first-order valence-corrected chi connectivity index (χ1v) is 9.60. The van der Waals surface area contributed by atoms with Crippen LogP contribution in [0.25, 0.3) is 0 Å². The molecule has 0 spiro atoms. The molecule has 0 aliphatic rings. The molecule has 1 aromatic heterocycles. The van der Waals surface area contributed by atoms with E-state index in [-0.39, 0.29) is 29.6 Å². The molecular formula is C20H21N5O2S. The van der Waals surface area contributed by atoms with E-state index in [4.69, 9.17) is 10.5 Å². The lowest BCUT2D eigenvalue weighted by atomic mass is 10.2. The predicted octanol–water partition coefficient (Wildman–Crippen LogP) is 3.73. The molecule has 0 fully saturated rings. The number of para-hydroxylation sites is 1. The van der Waals surface area contributed by atoms with Crippen LogP contribution in [0, 0.1) is 6.92 Å². The number of nitrogen functional groups attached to an aromatic ring is 1. The van der Waals surface area contributed by atoms with E-state index < -0.39 is 0 Å². The fourth-order valence-electron chi connectivity index (χ4n) is 2.33. The van der Waals surface area contributed by atoms with Gasteiger partial charge in [0, 0.05) is 10.6 Å². The molecule has 1 heterocycles. The summed E-state index contributed by atoms with van der Waals surface area (Å²) in [7, 11) is 0. The molecule has 0 saturated carbocycles. The molecule has 0 aliphatic heterocycles. The van der Waals surface area contributed by atoms with Crippen molar-refractivity contribution < 1.29 is 9.53 Å². The van der Waals surface area contributed by atoms with Crippen molar-refractivity contribution in [2.75, 3.05) is 11.1 Å². The molecule has 0 unspecified atom stereocenters. The van der Waals surface area contributed by atoms with Crippen LogP contribution >= 0.6 is 11.8 Å². The Labute approximate surface area is 167 Å². The van der Waals surface area contributed by atoms with Crippen molar-refractivity contribution in [3.63, 3.8) is 0 Å². The van der Waals surface area contributed by atoms with Gasteiger partial charge in [-0.1, -0.05) is 35.9 Å². The van der Waals surface area contributed by atoms with Gasteiger partial charge in [0.1, 0.15) is 5.25 Å². The molecule has 3 N–H and O–H groups in total. The third-order valence-corrected chi connectivity index (χ3v) is 4.83. The molecule has 0 bridgehead atoms. The first-order chi connectivity index (χ1) is 13.5. The zero-order valence-electron chi connectivity index (χ0n) is 15.6. The summed E-state index contributed by atoms with van der Waals surface area (Å²) in [5.74, 6) is 0.294. The standard InChI is InChI=1S/C20H21N5O2S/c1-13-8-10-16(11-9-13)28-14(2)18(26)27-12-17-23-19(21)25-20(24-17)22-15-6-4-3-5-7-15/h3-11,14H,12H2,1-2H3,(H3,21,22,23,24,25)/t14-/m1/s1. The van der Waals surface area contributed by atoms with Crippen LogP contribution in [0.4, 0.5) is 17.6 Å². The van der Waals surface area contributed by atoms with Gasteiger partial charge in [0.25, 0.3) is 0 Å². The number of thioether (sulfide) groups is 1. The maximum atomic E-state index is 12.3. The van der Waals surface area contributed by atoms with E-state index in [0.29, 0.717) is 5.95 Å². The Hall–Kier alpha value is -3.13. The molecule has 7 nitrogen and oxygen atoms in total. The van der Waals surface area contributed by atoms with Crippen molar-refractivity contribution in [1.82, 2.24) is 15.0 Å². The van der Waals surface area contributed by atoms with Gasteiger partial charge in [-0.3, -0.25) is 4.79 Å². The number of benzene rings is 2. The van der Waals surface area contributed by atoms with Crippen molar-refractivity contribution in [1.29, 1.82) is 0 Å². The Morgan fingerprint density at radius 1 is 1.11 bits per heavy atom. The number of aryl methyl sites for hydroxylation is 1. The van der Waals surface area contributed by atoms with Gasteiger partial charge < -0.3 is 15.8 Å². The topological polar surface area (TPSA) is 103 Å². The lowest BCUT2D eigenvalue weighted by Crippen LogP contribution is -2.18. The summed E-state index contributed by atoms with van der Waals surface area (Å²) in [6.45, 7) is 3.75. The van der Waals surface area contributed by atoms with E-state index in [1.807, 2.05) is 61.5 Å². The summed E-state index contributed by atoms with van der Waals surface area (Å²) in [6.07, 6.45) is 0. The Morgan fingerprint density at radius 3 is 2.54 bits per heavy atom. The number of carbonyl (C=O) groups excluding carboxylic acids is 1. The van der Waals surface area contributed by atoms with Gasteiger partial charge >= 0.3 is 5.97 Å². The van der Waals surface area contributed by atoms with Gasteiger partial charge in [-0.05, 0) is 38.1 Å². The summed E-state index contributed by atoms with van der Waals surface area (Å²) in [5.41, 5.74) is 7.74. The highest BCUT2D eigenvalue weighted by atomic mass is 32.2. The third kappa shape index (κ3) is 5.68. The van der Waals surface area contributed by atoms with Crippen LogP contribution in [0.15, 0.2) is 59.5 Å². The number of rotatable bonds is 7. The Kier molecular flexibility index (Phi) is 6.44. The summed E-state index contributed by atoms with van der Waals surface area (Å²) in [6, 6.07) is 17.4. The number of anilines is 3. The molecule has 0 saturated heterocycles. The van der Waals surface area contributed by atoms with Crippen LogP contribution in [0.5, 0.6) is 0 Å². The minimum Gasteiger partial charge on any atom is -0.457 e. The van der Waals surface area contributed by atoms with Crippen LogP contribution in [-0.4, -0.2) is 26.2 Å². The first kappa shape index (κ1) is 19.6. The van der Waals surface area contributed by atoms with Gasteiger partial charge in [0.2, 0.25) is 11.9 Å². The van der Waals surface area contributed by atoms with E-state index in [0.717, 1.165) is 10.6 Å². The van der Waals surface area contributed by atoms with Crippen LogP contribution in [0.2, 0.25) is 0 Å². The lowest BCUT2D eigenvalue weighted by molar-refractivity contribution is -0.144. The minimum absolute atomic E-state index is 0.0570. The maximum Gasteiger partial charge on any atom is 0.319 e. The van der Waals surface area contributed by atoms with Gasteiger partial charge in [-0.15, -0.1) is 11.8 Å². The van der Waals surface area contributed by atoms with Crippen molar-refractivity contribution in [2.45, 2.75) is 30.6 Å². The average Bonchev–Trinajstić information content (AvgIpc) is 2.68. The number of nitrogens with zero attached hydrogens (tertiary/aromatic N) is 3. The molecule has 28 heavy (non-hydrogen) atoms. The Morgan fingerprint density at radius 2 is 1.82 bits per heavy atom. The predicted molar refractivity (Wildman–Crippen MR) is 110 cm³/mol. The first-order valence-electron chi connectivity index (χ1n) is 8.72. The number of esters is 1. The second-order valence-electron chi connectivity index (χ2n) is 6.11. The summed E-state index contributed by atoms with van der Waals surface area (Å²) >= 11 is 1.44. The molecule has 0 aliphatic carbocycles. The summed E-state index contributed by atoms with van der Waals surface area (Å²) in [4.78, 5) is 25.6. The lowest BCUT2D eigenvalue weighted by Gasteiger charge is -2.12. The zero-order chi connectivity index (χ0) is 19.9. The number of ether oxygens (including phenoxy) is 1. The molecular weight excluding hydrogens is 374 g/mol. The zero-order valence-corrected chi connectivity index (χ0v) is 16.4. The summed E-state index contributed by atoms with van der Waals surface area (Å²) in [5, 5.41) is 2.69. The largest absolute Gasteiger partial charge is 0.457 e. The molecule has 8 heteroatoms. The number of nitrogens with one attached hydrogen (secondary N) is 1. The molecule has 3 aromatic rings. The fraction of sp³-hybridized carbons (Fsp3) is 0.200. The van der Waals surface area contributed by atoms with E-state index in [9.17, 15) is 4.79 Å². The normalized spacial score (nSPS) is 11.6. The molecule has 0 amide bonds. The SMILES string of the molecule is Cc1ccc(S[C@H](C)C(=O)OCc2nc(N)nc(Nc3ccccc3)n2)cc1. The number of hydrogen-bond donors (Lipinski definition) is 2. The monoisotopic (exact) mass is 395 g/mol. The summed E-state index contributed by atoms with van der Waals surface area (Å²) < 4.78 is 5.35. The van der Waals surface area contributed by atoms with E-state index in [1.165, 1.54) is 17.3 Å². The molecule has 2 aromatic carbocycles. The second-order valence-corrected chi connectivity index (χ2v) is 7.52. The molecule has 144 valence electrons. The van der Waals surface area contributed by atoms with E-state index in [1.54, 1.807) is 6.92 Å². The van der Waals surface area contributed by atoms with E-state index in [2.05, 4.69) is 20.3 Å². The van der Waals surface area contributed by atoms with Crippen LogP contribution in [0.3, 0.4) is 0 Å². The van der Waals surface area contributed by atoms with Crippen LogP contribution in [0.1, 0.15) is 18.3 Å². The number of aromatic nitrogens is 3. The van der Waals surface area contributed by atoms with Gasteiger partial charge in [-0.2, -0.15) is 15.0 Å². The Balaban J connectivity index is 1.58. The van der Waals surface area contributed by atoms with Crippen LogP contribution < -0.4 is 11.1 Å². The van der Waals surface area contributed by atoms with Crippen molar-refractivity contribution in [3.05, 3.63) is 66.0 Å². The second kappa shape index (κ2) is 9.18. The van der Waals surface area contributed by atoms with Gasteiger partial charge in [0.15, 0.2) is 12.4 Å². The number of hydrogen-bond acceptors (Lipinski definition) is 8. The molecule has 3 rings (SSSR count). The van der Waals surface area contributed by atoms with Crippen molar-refractivity contribution >= 4 is 35.3 Å². The quantitative estimate of drug-likeness (QED) is 0.461. The highest BCUT2D eigenvalue weighted by molar-refractivity contribution is 8.00. The van der Waals surface area contributed by atoms with Crippen molar-refractivity contribution in [2.24, 2.45) is 0 Å². The van der Waals surface area contributed by atoms with Crippen LogP contribution in [-0.2, 0) is 16.1 Å². The van der Waals surface area contributed by atoms with Gasteiger partial charge in [0.05, 0.1) is 0 Å². The third-order valence-electron chi connectivity index (χ3n) is 3.74. The average molecular weight is 395 g/mol. The highest BCUT2D eigenvalue weighted by Gasteiger charge is 2.17. The van der Waals surface area contributed by atoms with Gasteiger partial charge in [-0.25, -0.2) is 0 Å². The Bertz CT molecular complexity index is 935. The molecule has 1 atom stereocenters. The smallest absolute Gasteiger partial charge is 0.319 e. The maximum absolute atomic E-state index is 12.3. The number of nitrogens with two attached hydrogens (primary N) is 1.